The lowest BCUT2D eigenvalue weighted by atomic mass is 9.96. The molecule has 0 bridgehead atoms. The molecule has 1 aromatic heterocycles. The second kappa shape index (κ2) is 8.86. The summed E-state index contributed by atoms with van der Waals surface area (Å²) in [5.74, 6) is 0.179. The number of nitrogens with zero attached hydrogens (tertiary/aromatic N) is 2. The van der Waals surface area contributed by atoms with Gasteiger partial charge < -0.3 is 20.1 Å². The van der Waals surface area contributed by atoms with E-state index in [-0.39, 0.29) is 23.5 Å². The maximum atomic E-state index is 13.9. The minimum Gasteiger partial charge on any atom is -0.497 e. The lowest BCUT2D eigenvalue weighted by Gasteiger charge is -2.34. The molecule has 33 heavy (non-hydrogen) atoms. The van der Waals surface area contributed by atoms with Crippen molar-refractivity contribution in [3.63, 3.8) is 0 Å². The van der Waals surface area contributed by atoms with E-state index in [1.165, 1.54) is 20.3 Å². The number of methoxy groups -OCH3 is 2. The lowest BCUT2D eigenvalue weighted by molar-refractivity contribution is -0.173. The molecule has 2 atom stereocenters. The van der Waals surface area contributed by atoms with Crippen molar-refractivity contribution in [3.05, 3.63) is 64.8 Å². The van der Waals surface area contributed by atoms with Crippen LogP contribution in [-0.2, 0) is 0 Å². The van der Waals surface area contributed by atoms with E-state index in [1.807, 2.05) is 0 Å². The number of hydrogen-bond acceptors (Lipinski definition) is 5. The Morgan fingerprint density at radius 1 is 1.21 bits per heavy atom. The molecule has 11 heteroatoms. The van der Waals surface area contributed by atoms with Gasteiger partial charge in [-0.1, -0.05) is 23.7 Å². The van der Waals surface area contributed by atoms with Crippen molar-refractivity contribution in [1.29, 1.82) is 0 Å². The molecule has 3 aromatic rings. The molecule has 1 aliphatic rings. The van der Waals surface area contributed by atoms with E-state index in [1.54, 1.807) is 36.4 Å². The van der Waals surface area contributed by atoms with Crippen molar-refractivity contribution in [2.75, 3.05) is 24.9 Å². The van der Waals surface area contributed by atoms with Crippen LogP contribution in [-0.4, -0.2) is 36.1 Å². The molecule has 0 spiro atoms. The van der Waals surface area contributed by atoms with Crippen LogP contribution in [0.5, 0.6) is 11.5 Å². The van der Waals surface area contributed by atoms with Gasteiger partial charge in [-0.05, 0) is 35.9 Å². The number of aromatic nitrogens is 2. The number of ether oxygens (including phenoxy) is 2. The summed E-state index contributed by atoms with van der Waals surface area (Å²) < 4.78 is 53.0. The van der Waals surface area contributed by atoms with Gasteiger partial charge in [0.25, 0.3) is 5.91 Å². The zero-order valence-electron chi connectivity index (χ0n) is 17.6. The SMILES string of the molecule is COc1cccc(C2CC(C(F)(F)F)n3ncc(C(=O)Nc4cc(Cl)ccc4OC)c3N2)c1. The Morgan fingerprint density at radius 3 is 2.70 bits per heavy atom. The van der Waals surface area contributed by atoms with E-state index < -0.39 is 24.2 Å². The molecule has 2 aromatic carbocycles. The number of carbonyl (C=O) groups excluding carboxylic acids is 1. The highest BCUT2D eigenvalue weighted by molar-refractivity contribution is 6.31. The number of fused-ring (bicyclic) bond motifs is 1. The summed E-state index contributed by atoms with van der Waals surface area (Å²) in [5.41, 5.74) is 0.834. The van der Waals surface area contributed by atoms with Gasteiger partial charge in [-0.15, -0.1) is 0 Å². The summed E-state index contributed by atoms with van der Waals surface area (Å²) in [6.45, 7) is 0. The molecule has 2 heterocycles. The molecule has 0 fully saturated rings. The predicted molar refractivity (Wildman–Crippen MR) is 117 cm³/mol. The first kappa shape index (κ1) is 22.8. The number of anilines is 2. The average molecular weight is 481 g/mol. The van der Waals surface area contributed by atoms with Crippen molar-refractivity contribution in [1.82, 2.24) is 9.78 Å². The molecule has 0 saturated carbocycles. The van der Waals surface area contributed by atoms with Gasteiger partial charge in [0.1, 0.15) is 22.9 Å². The zero-order valence-corrected chi connectivity index (χ0v) is 18.4. The molecule has 2 N–H and O–H groups in total. The second-order valence-electron chi connectivity index (χ2n) is 7.42. The second-order valence-corrected chi connectivity index (χ2v) is 7.85. The Bertz CT molecular complexity index is 1180. The Hall–Kier alpha value is -3.40. The van der Waals surface area contributed by atoms with Gasteiger partial charge in [0.15, 0.2) is 6.04 Å². The van der Waals surface area contributed by atoms with E-state index in [9.17, 15) is 18.0 Å². The van der Waals surface area contributed by atoms with Crippen molar-refractivity contribution in [3.8, 4) is 11.5 Å². The third-order valence-electron chi connectivity index (χ3n) is 5.39. The summed E-state index contributed by atoms with van der Waals surface area (Å²) in [7, 11) is 2.91. The number of halogens is 4. The number of carbonyl (C=O) groups is 1. The maximum absolute atomic E-state index is 13.9. The standard InChI is InChI=1S/C22H20ClF3N4O3/c1-32-14-5-3-4-12(8-14)16-10-19(22(24,25)26)30-20(28-16)15(11-27-30)21(31)29-17-9-13(23)6-7-18(17)33-2/h3-9,11,16,19,28H,10H2,1-2H3,(H,29,31). The molecule has 0 aliphatic carbocycles. The van der Waals surface area contributed by atoms with Crippen LogP contribution in [0.3, 0.4) is 0 Å². The van der Waals surface area contributed by atoms with E-state index in [4.69, 9.17) is 21.1 Å². The first-order chi connectivity index (χ1) is 15.7. The van der Waals surface area contributed by atoms with Crippen molar-refractivity contribution in [2.45, 2.75) is 24.7 Å². The third kappa shape index (κ3) is 4.56. The molecule has 0 saturated heterocycles. The van der Waals surface area contributed by atoms with Gasteiger partial charge in [0, 0.05) is 11.4 Å². The number of hydrogen-bond donors (Lipinski definition) is 2. The largest absolute Gasteiger partial charge is 0.497 e. The van der Waals surface area contributed by atoms with Crippen LogP contribution in [0.2, 0.25) is 5.02 Å². The smallest absolute Gasteiger partial charge is 0.410 e. The van der Waals surface area contributed by atoms with Crippen LogP contribution >= 0.6 is 11.6 Å². The molecule has 1 amide bonds. The van der Waals surface area contributed by atoms with Gasteiger partial charge in [0.05, 0.1) is 32.1 Å². The van der Waals surface area contributed by atoms with Gasteiger partial charge >= 0.3 is 6.18 Å². The highest BCUT2D eigenvalue weighted by Gasteiger charge is 2.47. The van der Waals surface area contributed by atoms with Gasteiger partial charge in [-0.25, -0.2) is 4.68 Å². The van der Waals surface area contributed by atoms with Crippen LogP contribution in [0.4, 0.5) is 24.7 Å². The average Bonchev–Trinajstić information content (AvgIpc) is 3.22. The first-order valence-corrected chi connectivity index (χ1v) is 10.3. The number of nitrogens with one attached hydrogen (secondary N) is 2. The number of alkyl halides is 3. The Morgan fingerprint density at radius 2 is 2.00 bits per heavy atom. The molecule has 0 radical (unpaired) electrons. The van der Waals surface area contributed by atoms with Crippen LogP contribution < -0.4 is 20.1 Å². The minimum absolute atomic E-state index is 0.0325. The molecule has 7 nitrogen and oxygen atoms in total. The quantitative estimate of drug-likeness (QED) is 0.506. The van der Waals surface area contributed by atoms with E-state index in [0.29, 0.717) is 22.1 Å². The fourth-order valence-electron chi connectivity index (χ4n) is 3.77. The van der Waals surface area contributed by atoms with E-state index in [0.717, 1.165) is 10.9 Å². The van der Waals surface area contributed by atoms with Gasteiger partial charge in [-0.3, -0.25) is 4.79 Å². The van der Waals surface area contributed by atoms with E-state index in [2.05, 4.69) is 15.7 Å². The monoisotopic (exact) mass is 480 g/mol. The van der Waals surface area contributed by atoms with Crippen molar-refractivity contribution in [2.24, 2.45) is 0 Å². The summed E-state index contributed by atoms with van der Waals surface area (Å²) in [6, 6.07) is 8.78. The van der Waals surface area contributed by atoms with Crippen LogP contribution in [0, 0.1) is 0 Å². The number of rotatable bonds is 5. The lowest BCUT2D eigenvalue weighted by Crippen LogP contribution is -2.36. The van der Waals surface area contributed by atoms with E-state index >= 15 is 0 Å². The molecular weight excluding hydrogens is 461 g/mol. The summed E-state index contributed by atoms with van der Waals surface area (Å²) in [5, 5.41) is 9.93. The summed E-state index contributed by atoms with van der Waals surface area (Å²) >= 11 is 6.01. The normalized spacial score (nSPS) is 17.6. The fraction of sp³-hybridized carbons (Fsp3) is 0.273. The van der Waals surface area contributed by atoms with Crippen molar-refractivity contribution < 1.29 is 27.4 Å². The van der Waals surface area contributed by atoms with Crippen LogP contribution in [0.1, 0.15) is 34.4 Å². The van der Waals surface area contributed by atoms with Crippen LogP contribution in [0.15, 0.2) is 48.7 Å². The third-order valence-corrected chi connectivity index (χ3v) is 5.62. The molecule has 1 aliphatic heterocycles. The predicted octanol–water partition coefficient (Wildman–Crippen LogP) is 5.47. The van der Waals surface area contributed by atoms with Crippen LogP contribution in [0.25, 0.3) is 0 Å². The first-order valence-electron chi connectivity index (χ1n) is 9.91. The highest BCUT2D eigenvalue weighted by atomic mass is 35.5. The van der Waals surface area contributed by atoms with Gasteiger partial charge in [0.2, 0.25) is 0 Å². The molecule has 2 unspecified atom stereocenters. The topological polar surface area (TPSA) is 77.4 Å². The summed E-state index contributed by atoms with van der Waals surface area (Å²) in [4.78, 5) is 13.0. The number of amides is 1. The Kier molecular flexibility index (Phi) is 6.11. The molecular formula is C22H20ClF3N4O3. The highest BCUT2D eigenvalue weighted by Crippen LogP contribution is 2.44. The Balaban J connectivity index is 1.71. The Labute approximate surface area is 192 Å². The van der Waals surface area contributed by atoms with Crippen molar-refractivity contribution >= 4 is 29.0 Å². The maximum Gasteiger partial charge on any atom is 0.410 e. The molecule has 4 rings (SSSR count). The fourth-order valence-corrected chi connectivity index (χ4v) is 3.95. The van der Waals surface area contributed by atoms with Gasteiger partial charge in [-0.2, -0.15) is 18.3 Å². The molecule has 174 valence electrons. The summed E-state index contributed by atoms with van der Waals surface area (Å²) in [6.07, 6.45) is -3.75. The number of benzene rings is 2. The minimum atomic E-state index is -4.57. The zero-order chi connectivity index (χ0) is 23.8.